The Morgan fingerprint density at radius 3 is 2.45 bits per heavy atom. The van der Waals surface area contributed by atoms with Crippen molar-refractivity contribution in [3.05, 3.63) is 71.5 Å². The van der Waals surface area contributed by atoms with Crippen molar-refractivity contribution in [1.29, 1.82) is 0 Å². The predicted molar refractivity (Wildman–Crippen MR) is 88.3 cm³/mol. The van der Waals surface area contributed by atoms with Crippen LogP contribution in [0.25, 0.3) is 0 Å². The maximum Gasteiger partial charge on any atom is 0.123 e. The molecule has 1 aliphatic rings. The SMILES string of the molecule is CCN[C@H]1CN(Cc2ccccc2)C[C@@H]1c1ccc(F)cc1. The van der Waals surface area contributed by atoms with E-state index in [1.54, 1.807) is 12.1 Å². The van der Waals surface area contributed by atoms with Crippen LogP contribution < -0.4 is 5.32 Å². The zero-order valence-electron chi connectivity index (χ0n) is 13.0. The van der Waals surface area contributed by atoms with Crippen molar-refractivity contribution in [2.24, 2.45) is 0 Å². The summed E-state index contributed by atoms with van der Waals surface area (Å²) in [6, 6.07) is 18.0. The monoisotopic (exact) mass is 298 g/mol. The highest BCUT2D eigenvalue weighted by Crippen LogP contribution is 2.29. The Kier molecular flexibility index (Phi) is 4.86. The Hall–Kier alpha value is -1.71. The average molecular weight is 298 g/mol. The van der Waals surface area contributed by atoms with Crippen molar-refractivity contribution in [2.75, 3.05) is 19.6 Å². The van der Waals surface area contributed by atoms with E-state index in [0.717, 1.165) is 26.2 Å². The number of hydrogen-bond donors (Lipinski definition) is 1. The minimum absolute atomic E-state index is 0.164. The first-order chi connectivity index (χ1) is 10.8. The van der Waals surface area contributed by atoms with E-state index in [4.69, 9.17) is 0 Å². The molecule has 116 valence electrons. The number of likely N-dealkylation sites (tertiary alicyclic amines) is 1. The lowest BCUT2D eigenvalue weighted by atomic mass is 9.94. The Labute approximate surface area is 132 Å². The zero-order valence-corrected chi connectivity index (χ0v) is 13.0. The number of benzene rings is 2. The number of halogens is 1. The van der Waals surface area contributed by atoms with Crippen LogP contribution in [0.5, 0.6) is 0 Å². The molecule has 0 amide bonds. The minimum Gasteiger partial charge on any atom is -0.312 e. The lowest BCUT2D eigenvalue weighted by Gasteiger charge is -2.19. The van der Waals surface area contributed by atoms with Gasteiger partial charge in [0.15, 0.2) is 0 Å². The van der Waals surface area contributed by atoms with Gasteiger partial charge in [-0.1, -0.05) is 49.4 Å². The molecule has 1 saturated heterocycles. The molecule has 1 aliphatic heterocycles. The number of hydrogen-bond acceptors (Lipinski definition) is 2. The summed E-state index contributed by atoms with van der Waals surface area (Å²) in [5, 5.41) is 3.59. The Balaban J connectivity index is 1.73. The molecule has 1 N–H and O–H groups in total. The minimum atomic E-state index is -0.164. The van der Waals surface area contributed by atoms with Gasteiger partial charge in [-0.2, -0.15) is 0 Å². The van der Waals surface area contributed by atoms with Gasteiger partial charge in [-0.15, -0.1) is 0 Å². The van der Waals surface area contributed by atoms with Gasteiger partial charge in [0.1, 0.15) is 5.82 Å². The molecule has 0 spiro atoms. The summed E-state index contributed by atoms with van der Waals surface area (Å²) in [4.78, 5) is 2.48. The van der Waals surface area contributed by atoms with Crippen LogP contribution in [0.15, 0.2) is 54.6 Å². The highest BCUT2D eigenvalue weighted by Gasteiger charge is 2.33. The van der Waals surface area contributed by atoms with E-state index in [1.807, 2.05) is 12.1 Å². The summed E-state index contributed by atoms with van der Waals surface area (Å²) >= 11 is 0. The largest absolute Gasteiger partial charge is 0.312 e. The first kappa shape index (κ1) is 15.2. The third-order valence-corrected chi connectivity index (χ3v) is 4.41. The second-order valence-electron chi connectivity index (χ2n) is 6.00. The summed E-state index contributed by atoms with van der Waals surface area (Å²) in [7, 11) is 0. The molecule has 3 heteroatoms. The molecule has 2 aromatic carbocycles. The van der Waals surface area contributed by atoms with Gasteiger partial charge in [0, 0.05) is 31.6 Å². The molecule has 2 nitrogen and oxygen atoms in total. The van der Waals surface area contributed by atoms with Gasteiger partial charge in [-0.05, 0) is 29.8 Å². The average Bonchev–Trinajstić information content (AvgIpc) is 2.92. The lowest BCUT2D eigenvalue weighted by molar-refractivity contribution is 0.319. The van der Waals surface area contributed by atoms with E-state index in [-0.39, 0.29) is 5.82 Å². The number of rotatable bonds is 5. The molecule has 0 radical (unpaired) electrons. The first-order valence-corrected chi connectivity index (χ1v) is 8.01. The van der Waals surface area contributed by atoms with Crippen LogP contribution in [0, 0.1) is 5.82 Å². The molecule has 0 bridgehead atoms. The van der Waals surface area contributed by atoms with Crippen molar-refractivity contribution < 1.29 is 4.39 Å². The molecule has 3 rings (SSSR count). The van der Waals surface area contributed by atoms with E-state index in [0.29, 0.717) is 12.0 Å². The number of nitrogens with zero attached hydrogens (tertiary/aromatic N) is 1. The molecule has 1 fully saturated rings. The maximum atomic E-state index is 13.2. The molecule has 0 saturated carbocycles. The first-order valence-electron chi connectivity index (χ1n) is 8.01. The quantitative estimate of drug-likeness (QED) is 0.910. The molecular weight excluding hydrogens is 275 g/mol. The molecule has 22 heavy (non-hydrogen) atoms. The topological polar surface area (TPSA) is 15.3 Å². The normalized spacial score (nSPS) is 22.1. The van der Waals surface area contributed by atoms with Crippen LogP contribution in [-0.4, -0.2) is 30.6 Å². The summed E-state index contributed by atoms with van der Waals surface area (Å²) < 4.78 is 13.2. The van der Waals surface area contributed by atoms with Crippen LogP contribution in [0.1, 0.15) is 24.0 Å². The van der Waals surface area contributed by atoms with Crippen LogP contribution in [-0.2, 0) is 6.54 Å². The fourth-order valence-corrected chi connectivity index (χ4v) is 3.37. The highest BCUT2D eigenvalue weighted by atomic mass is 19.1. The fourth-order valence-electron chi connectivity index (χ4n) is 3.37. The molecule has 0 aliphatic carbocycles. The molecule has 2 atom stereocenters. The number of nitrogens with one attached hydrogen (secondary N) is 1. The van der Waals surface area contributed by atoms with Gasteiger partial charge in [-0.25, -0.2) is 4.39 Å². The summed E-state index contributed by atoms with van der Waals surface area (Å²) in [6.07, 6.45) is 0. The van der Waals surface area contributed by atoms with Crippen molar-refractivity contribution in [3.63, 3.8) is 0 Å². The van der Waals surface area contributed by atoms with E-state index in [2.05, 4.69) is 47.5 Å². The van der Waals surface area contributed by atoms with Crippen molar-refractivity contribution in [1.82, 2.24) is 10.2 Å². The zero-order chi connectivity index (χ0) is 15.4. The van der Waals surface area contributed by atoms with Gasteiger partial charge < -0.3 is 5.32 Å². The summed E-state index contributed by atoms with van der Waals surface area (Å²) in [5.74, 6) is 0.257. The fraction of sp³-hybridized carbons (Fsp3) is 0.368. The van der Waals surface area contributed by atoms with E-state index < -0.39 is 0 Å². The summed E-state index contributed by atoms with van der Waals surface area (Å²) in [5.41, 5.74) is 2.57. The molecular formula is C19H23FN2. The number of likely N-dealkylation sites (N-methyl/N-ethyl adjacent to an activating group) is 1. The van der Waals surface area contributed by atoms with Gasteiger partial charge in [-0.3, -0.25) is 4.90 Å². The van der Waals surface area contributed by atoms with Crippen LogP contribution >= 0.6 is 0 Å². The molecule has 0 unspecified atom stereocenters. The van der Waals surface area contributed by atoms with Crippen LogP contribution in [0.2, 0.25) is 0 Å². The van der Waals surface area contributed by atoms with Crippen molar-refractivity contribution >= 4 is 0 Å². The second kappa shape index (κ2) is 7.03. The van der Waals surface area contributed by atoms with Gasteiger partial charge in [0.25, 0.3) is 0 Å². The lowest BCUT2D eigenvalue weighted by Crippen LogP contribution is -2.35. The summed E-state index contributed by atoms with van der Waals surface area (Å²) in [6.45, 7) is 6.12. The van der Waals surface area contributed by atoms with Gasteiger partial charge in [0.05, 0.1) is 0 Å². The van der Waals surface area contributed by atoms with Crippen molar-refractivity contribution in [3.8, 4) is 0 Å². The smallest absolute Gasteiger partial charge is 0.123 e. The standard InChI is InChI=1S/C19H23FN2/c1-2-21-19-14-22(12-15-6-4-3-5-7-15)13-18(19)16-8-10-17(20)11-9-16/h3-11,18-19,21H,2,12-14H2,1H3/t18-,19+/m1/s1. The molecule has 1 heterocycles. The Morgan fingerprint density at radius 1 is 1.05 bits per heavy atom. The Morgan fingerprint density at radius 2 is 1.77 bits per heavy atom. The molecule has 0 aromatic heterocycles. The molecule has 2 aromatic rings. The highest BCUT2D eigenvalue weighted by molar-refractivity contribution is 5.25. The van der Waals surface area contributed by atoms with E-state index in [9.17, 15) is 4.39 Å². The van der Waals surface area contributed by atoms with Gasteiger partial charge in [0.2, 0.25) is 0 Å². The Bertz CT molecular complexity index is 582. The van der Waals surface area contributed by atoms with Crippen molar-refractivity contribution in [2.45, 2.75) is 25.4 Å². The van der Waals surface area contributed by atoms with Crippen LogP contribution in [0.3, 0.4) is 0 Å². The van der Waals surface area contributed by atoms with E-state index >= 15 is 0 Å². The predicted octanol–water partition coefficient (Wildman–Crippen LogP) is 3.40. The van der Waals surface area contributed by atoms with Gasteiger partial charge >= 0.3 is 0 Å². The third kappa shape index (κ3) is 3.54. The maximum absolute atomic E-state index is 13.2. The second-order valence-corrected chi connectivity index (χ2v) is 6.00. The van der Waals surface area contributed by atoms with Crippen LogP contribution in [0.4, 0.5) is 4.39 Å². The third-order valence-electron chi connectivity index (χ3n) is 4.41. The van der Waals surface area contributed by atoms with E-state index in [1.165, 1.54) is 11.1 Å².